The number of benzene rings is 1. The van der Waals surface area contributed by atoms with Crippen molar-refractivity contribution in [1.82, 2.24) is 4.31 Å². The largest absolute Gasteiger partial charge is 0.495 e. The van der Waals surface area contributed by atoms with Gasteiger partial charge in [-0.05, 0) is 18.2 Å². The van der Waals surface area contributed by atoms with Crippen LogP contribution in [0.4, 0.5) is 5.69 Å². The maximum absolute atomic E-state index is 12.7. The first-order valence-corrected chi connectivity index (χ1v) is 8.36. The number of morpholine rings is 1. The summed E-state index contributed by atoms with van der Waals surface area (Å²) < 4.78 is 36.9. The van der Waals surface area contributed by atoms with Crippen molar-refractivity contribution in [2.24, 2.45) is 5.10 Å². The summed E-state index contributed by atoms with van der Waals surface area (Å²) in [5.74, 6) is 0.329. The molecule has 0 saturated carbocycles. The lowest BCUT2D eigenvalue weighted by molar-refractivity contribution is 0.0730. The Morgan fingerprint density at radius 1 is 1.33 bits per heavy atom. The molecule has 2 rings (SSSR count). The third kappa shape index (κ3) is 3.81. The molecule has 0 radical (unpaired) electrons. The van der Waals surface area contributed by atoms with Crippen molar-refractivity contribution < 1.29 is 17.9 Å². The summed E-state index contributed by atoms with van der Waals surface area (Å²) in [4.78, 5) is 0.0540. The lowest BCUT2D eigenvalue weighted by atomic mass is 10.3. The van der Waals surface area contributed by atoms with Crippen LogP contribution in [0.3, 0.4) is 0 Å². The number of ether oxygens (including phenoxy) is 2. The van der Waals surface area contributed by atoms with Crippen LogP contribution >= 0.6 is 0 Å². The van der Waals surface area contributed by atoms with Crippen LogP contribution in [-0.2, 0) is 14.8 Å². The predicted octanol–water partition coefficient (Wildman–Crippen LogP) is 0.531. The van der Waals surface area contributed by atoms with Gasteiger partial charge in [0.25, 0.3) is 0 Å². The number of nitriles is 2. The maximum Gasteiger partial charge on any atom is 0.243 e. The normalized spacial score (nSPS) is 15.0. The van der Waals surface area contributed by atoms with Crippen molar-refractivity contribution in [2.45, 2.75) is 4.90 Å². The monoisotopic (exact) mass is 349 g/mol. The molecule has 1 aliphatic heterocycles. The fraction of sp³-hybridized carbons (Fsp3) is 0.357. The lowest BCUT2D eigenvalue weighted by Gasteiger charge is -2.26. The van der Waals surface area contributed by atoms with E-state index in [4.69, 9.17) is 20.0 Å². The van der Waals surface area contributed by atoms with Crippen molar-refractivity contribution in [1.29, 1.82) is 10.5 Å². The minimum Gasteiger partial charge on any atom is -0.495 e. The summed E-state index contributed by atoms with van der Waals surface area (Å²) >= 11 is 0. The van der Waals surface area contributed by atoms with Gasteiger partial charge in [0.1, 0.15) is 17.9 Å². The van der Waals surface area contributed by atoms with Crippen LogP contribution < -0.4 is 10.2 Å². The molecule has 0 atom stereocenters. The van der Waals surface area contributed by atoms with Crippen LogP contribution in [0.15, 0.2) is 28.2 Å². The minimum atomic E-state index is -3.68. The highest BCUT2D eigenvalue weighted by Gasteiger charge is 2.27. The van der Waals surface area contributed by atoms with Gasteiger partial charge in [0.2, 0.25) is 15.7 Å². The molecule has 0 amide bonds. The van der Waals surface area contributed by atoms with Crippen LogP contribution in [0, 0.1) is 22.7 Å². The van der Waals surface area contributed by atoms with Crippen LogP contribution in [0.25, 0.3) is 0 Å². The highest BCUT2D eigenvalue weighted by atomic mass is 32.2. The van der Waals surface area contributed by atoms with Crippen molar-refractivity contribution >= 4 is 21.4 Å². The predicted molar refractivity (Wildman–Crippen MR) is 84.9 cm³/mol. The molecule has 0 bridgehead atoms. The number of hydrogen-bond acceptors (Lipinski definition) is 8. The van der Waals surface area contributed by atoms with Gasteiger partial charge in [-0.25, -0.2) is 8.42 Å². The summed E-state index contributed by atoms with van der Waals surface area (Å²) in [6, 6.07) is 7.45. The van der Waals surface area contributed by atoms with E-state index in [1.165, 1.54) is 29.6 Å². The second-order valence-electron chi connectivity index (χ2n) is 4.67. The molecule has 0 unspecified atom stereocenters. The van der Waals surface area contributed by atoms with E-state index in [2.05, 4.69) is 10.5 Å². The molecule has 1 aromatic carbocycles. The molecule has 0 aromatic heterocycles. The van der Waals surface area contributed by atoms with E-state index < -0.39 is 15.7 Å². The summed E-state index contributed by atoms with van der Waals surface area (Å²) in [6.07, 6.45) is 0. The van der Waals surface area contributed by atoms with Crippen LogP contribution in [0.2, 0.25) is 0 Å². The average Bonchev–Trinajstić information content (AvgIpc) is 2.63. The summed E-state index contributed by atoms with van der Waals surface area (Å²) in [6.45, 7) is 1.25. The smallest absolute Gasteiger partial charge is 0.243 e. The molecular weight excluding hydrogens is 334 g/mol. The van der Waals surface area contributed by atoms with Gasteiger partial charge in [0.15, 0.2) is 0 Å². The number of hydrazone groups is 1. The van der Waals surface area contributed by atoms with Crippen LogP contribution in [-0.4, -0.2) is 51.8 Å². The standard InChI is InChI=1S/C14H15N5O4S/c1-22-14-3-2-12(8-13(14)18-17-11(9-15)10-16)24(20,21)19-4-6-23-7-5-19/h2-3,8,18H,4-7H2,1H3. The van der Waals surface area contributed by atoms with Crippen LogP contribution in [0.1, 0.15) is 0 Å². The van der Waals surface area contributed by atoms with E-state index in [1.807, 2.05) is 0 Å². The molecule has 1 aromatic rings. The highest BCUT2D eigenvalue weighted by molar-refractivity contribution is 7.89. The number of hydrogen-bond donors (Lipinski definition) is 1. The SMILES string of the molecule is COc1ccc(S(=O)(=O)N2CCOCC2)cc1NN=C(C#N)C#N. The molecule has 126 valence electrons. The molecular formula is C14H15N5O4S. The molecule has 24 heavy (non-hydrogen) atoms. The van der Waals surface area contributed by atoms with E-state index in [9.17, 15) is 8.42 Å². The van der Waals surface area contributed by atoms with Gasteiger partial charge < -0.3 is 9.47 Å². The van der Waals surface area contributed by atoms with Crippen molar-refractivity contribution in [2.75, 3.05) is 38.8 Å². The number of sulfonamides is 1. The van der Waals surface area contributed by atoms with E-state index in [1.54, 1.807) is 12.1 Å². The Balaban J connectivity index is 2.36. The molecule has 9 nitrogen and oxygen atoms in total. The summed E-state index contributed by atoms with van der Waals surface area (Å²) in [5.41, 5.74) is 2.33. The van der Waals surface area contributed by atoms with Crippen molar-refractivity contribution in [3.8, 4) is 17.9 Å². The number of nitrogens with one attached hydrogen (secondary N) is 1. The maximum atomic E-state index is 12.7. The van der Waals surface area contributed by atoms with Gasteiger partial charge in [-0.3, -0.25) is 5.43 Å². The number of nitrogens with zero attached hydrogens (tertiary/aromatic N) is 4. The second-order valence-corrected chi connectivity index (χ2v) is 6.61. The third-order valence-corrected chi connectivity index (χ3v) is 5.17. The summed E-state index contributed by atoms with van der Waals surface area (Å²) in [7, 11) is -2.27. The molecule has 1 fully saturated rings. The zero-order valence-corrected chi connectivity index (χ0v) is 13.7. The van der Waals surface area contributed by atoms with E-state index in [0.717, 1.165) is 0 Å². The molecule has 1 N–H and O–H groups in total. The zero-order chi connectivity index (χ0) is 17.6. The first-order chi connectivity index (χ1) is 11.5. The second kappa shape index (κ2) is 7.75. The Kier molecular flexibility index (Phi) is 5.71. The first kappa shape index (κ1) is 17.7. The Hall–Kier alpha value is -2.66. The van der Waals surface area contributed by atoms with E-state index >= 15 is 0 Å². The highest BCUT2D eigenvalue weighted by Crippen LogP contribution is 2.29. The molecule has 1 aliphatic rings. The van der Waals surface area contributed by atoms with Crippen molar-refractivity contribution in [3.05, 3.63) is 18.2 Å². The molecule has 10 heteroatoms. The Morgan fingerprint density at radius 2 is 2.00 bits per heavy atom. The van der Waals surface area contributed by atoms with Gasteiger partial charge >= 0.3 is 0 Å². The van der Waals surface area contributed by atoms with Gasteiger partial charge in [-0.1, -0.05) is 0 Å². The molecule has 1 saturated heterocycles. The Bertz CT molecular complexity index is 801. The topological polar surface area (TPSA) is 128 Å². The van der Waals surface area contributed by atoms with Crippen molar-refractivity contribution in [3.63, 3.8) is 0 Å². The molecule has 0 aliphatic carbocycles. The van der Waals surface area contributed by atoms with Gasteiger partial charge in [0.05, 0.1) is 30.9 Å². The number of methoxy groups -OCH3 is 1. The fourth-order valence-electron chi connectivity index (χ4n) is 2.06. The third-order valence-electron chi connectivity index (χ3n) is 3.28. The van der Waals surface area contributed by atoms with Gasteiger partial charge in [-0.2, -0.15) is 19.9 Å². The minimum absolute atomic E-state index is 0.0540. The number of rotatable bonds is 5. The quantitative estimate of drug-likeness (QED) is 0.606. The summed E-state index contributed by atoms with van der Waals surface area (Å²) in [5, 5.41) is 21.0. The van der Waals surface area contributed by atoms with E-state index in [0.29, 0.717) is 19.0 Å². The molecule has 1 heterocycles. The average molecular weight is 349 g/mol. The van der Waals surface area contributed by atoms with Gasteiger partial charge in [0, 0.05) is 13.1 Å². The number of anilines is 1. The Labute approximate surface area is 139 Å². The van der Waals surface area contributed by atoms with Gasteiger partial charge in [-0.15, -0.1) is 0 Å². The lowest BCUT2D eigenvalue weighted by Crippen LogP contribution is -2.40. The van der Waals surface area contributed by atoms with Crippen LogP contribution in [0.5, 0.6) is 5.75 Å². The zero-order valence-electron chi connectivity index (χ0n) is 12.9. The van der Waals surface area contributed by atoms with E-state index in [-0.39, 0.29) is 23.7 Å². The Morgan fingerprint density at radius 3 is 2.58 bits per heavy atom. The fourth-order valence-corrected chi connectivity index (χ4v) is 3.50. The first-order valence-electron chi connectivity index (χ1n) is 6.92. The molecule has 0 spiro atoms.